The monoisotopic (exact) mass is 389 g/mol. The Bertz CT molecular complexity index is 716. The fourth-order valence-corrected chi connectivity index (χ4v) is 2.34. The van der Waals surface area contributed by atoms with E-state index in [2.05, 4.69) is 11.9 Å². The zero-order valence-electron chi connectivity index (χ0n) is 17.6. The molecule has 1 amide bonds. The molecule has 1 aromatic rings. The normalized spacial score (nSPS) is 12.6. The van der Waals surface area contributed by atoms with Gasteiger partial charge in [0.25, 0.3) is 0 Å². The van der Waals surface area contributed by atoms with E-state index < -0.39 is 34.9 Å². The molecule has 0 aliphatic carbocycles. The molecule has 0 saturated carbocycles. The molecule has 0 heterocycles. The summed E-state index contributed by atoms with van der Waals surface area (Å²) in [5.41, 5.74) is -1.04. The van der Waals surface area contributed by atoms with Crippen LogP contribution in [0.15, 0.2) is 42.5 Å². The van der Waals surface area contributed by atoms with Crippen molar-refractivity contribution in [3.8, 4) is 0 Å². The van der Waals surface area contributed by atoms with Gasteiger partial charge in [-0.25, -0.2) is 4.79 Å². The Morgan fingerprint density at radius 1 is 1.07 bits per heavy atom. The fraction of sp³-hybridized carbons (Fsp3) is 0.500. The van der Waals surface area contributed by atoms with Gasteiger partial charge < -0.3 is 14.8 Å². The van der Waals surface area contributed by atoms with E-state index in [0.717, 1.165) is 5.56 Å². The van der Waals surface area contributed by atoms with Crippen molar-refractivity contribution in [2.45, 2.75) is 59.6 Å². The lowest BCUT2D eigenvalue weighted by atomic mass is 9.84. The first-order valence-electron chi connectivity index (χ1n) is 9.32. The minimum Gasteiger partial charge on any atom is -0.464 e. The van der Waals surface area contributed by atoms with E-state index in [-0.39, 0.29) is 18.6 Å². The summed E-state index contributed by atoms with van der Waals surface area (Å²) in [4.78, 5) is 37.5. The molecule has 0 aliphatic rings. The molecule has 1 rings (SSSR count). The lowest BCUT2D eigenvalue weighted by Gasteiger charge is -2.30. The first kappa shape index (κ1) is 23.4. The molecule has 154 valence electrons. The first-order chi connectivity index (χ1) is 12.9. The Morgan fingerprint density at radius 2 is 1.64 bits per heavy atom. The molecule has 0 bridgehead atoms. The molecule has 28 heavy (non-hydrogen) atoms. The van der Waals surface area contributed by atoms with Crippen molar-refractivity contribution in [1.82, 2.24) is 5.32 Å². The molecule has 0 aromatic heterocycles. The second-order valence-corrected chi connectivity index (χ2v) is 8.07. The van der Waals surface area contributed by atoms with Crippen LogP contribution in [0.4, 0.5) is 0 Å². The highest BCUT2D eigenvalue weighted by Gasteiger charge is 2.39. The summed E-state index contributed by atoms with van der Waals surface area (Å²) >= 11 is 0. The topological polar surface area (TPSA) is 81.7 Å². The van der Waals surface area contributed by atoms with Crippen LogP contribution < -0.4 is 5.32 Å². The quantitative estimate of drug-likeness (QED) is 0.545. The van der Waals surface area contributed by atoms with Gasteiger partial charge in [-0.05, 0) is 47.1 Å². The minimum atomic E-state index is -1.25. The average molecular weight is 389 g/mol. The molecule has 6 nitrogen and oxygen atoms in total. The van der Waals surface area contributed by atoms with Crippen LogP contribution in [0.1, 0.15) is 47.1 Å². The molecule has 0 spiro atoms. The maximum absolute atomic E-state index is 12.7. The molecule has 6 heteroatoms. The second-order valence-electron chi connectivity index (χ2n) is 8.07. The SMILES string of the molecule is C=C(C(=O)N[C@@H](Cc1ccccc1)C(=O)OCC)C(C)(C)C(=O)OC(C)(C)C. The summed E-state index contributed by atoms with van der Waals surface area (Å²) in [5, 5.41) is 2.65. The van der Waals surface area contributed by atoms with Crippen LogP contribution in [0.3, 0.4) is 0 Å². The van der Waals surface area contributed by atoms with Gasteiger partial charge in [0.2, 0.25) is 5.91 Å². The van der Waals surface area contributed by atoms with Crippen molar-refractivity contribution in [1.29, 1.82) is 0 Å². The third-order valence-electron chi connectivity index (χ3n) is 4.10. The Balaban J connectivity index is 2.94. The molecular weight excluding hydrogens is 358 g/mol. The van der Waals surface area contributed by atoms with Crippen LogP contribution in [0.25, 0.3) is 0 Å². The van der Waals surface area contributed by atoms with Crippen molar-refractivity contribution in [3.05, 3.63) is 48.0 Å². The van der Waals surface area contributed by atoms with Crippen molar-refractivity contribution in [2.24, 2.45) is 5.41 Å². The summed E-state index contributed by atoms with van der Waals surface area (Å²) in [7, 11) is 0. The van der Waals surface area contributed by atoms with Crippen molar-refractivity contribution < 1.29 is 23.9 Å². The van der Waals surface area contributed by atoms with Gasteiger partial charge in [0, 0.05) is 12.0 Å². The number of ether oxygens (including phenoxy) is 2. The van der Waals surface area contributed by atoms with E-state index in [1.807, 2.05) is 30.3 Å². The van der Waals surface area contributed by atoms with E-state index >= 15 is 0 Å². The Labute approximate surface area is 167 Å². The molecule has 1 N–H and O–H groups in total. The van der Waals surface area contributed by atoms with Crippen LogP contribution in [0.5, 0.6) is 0 Å². The molecule has 0 fully saturated rings. The zero-order chi connectivity index (χ0) is 21.5. The highest BCUT2D eigenvalue weighted by atomic mass is 16.6. The molecule has 1 atom stereocenters. The highest BCUT2D eigenvalue weighted by Crippen LogP contribution is 2.29. The minimum absolute atomic E-state index is 0.0177. The maximum Gasteiger partial charge on any atom is 0.328 e. The lowest BCUT2D eigenvalue weighted by Crippen LogP contribution is -2.47. The Kier molecular flexibility index (Phi) is 7.97. The van der Waals surface area contributed by atoms with Crippen molar-refractivity contribution in [3.63, 3.8) is 0 Å². The molecule has 0 radical (unpaired) electrons. The number of amides is 1. The molecular formula is C22H31NO5. The number of hydrogen-bond donors (Lipinski definition) is 1. The van der Waals surface area contributed by atoms with Crippen molar-refractivity contribution >= 4 is 17.8 Å². The van der Waals surface area contributed by atoms with Gasteiger partial charge in [0.05, 0.1) is 12.0 Å². The third kappa shape index (κ3) is 6.83. The smallest absolute Gasteiger partial charge is 0.328 e. The standard InChI is InChI=1S/C22H31NO5/c1-8-27-19(25)17(14-16-12-10-9-11-13-16)23-18(24)15(2)22(6,7)20(26)28-21(3,4)5/h9-13,17H,2,8,14H2,1,3-7H3,(H,23,24)/t17-/m0/s1. The Morgan fingerprint density at radius 3 is 2.14 bits per heavy atom. The van der Waals surface area contributed by atoms with Gasteiger partial charge in [-0.15, -0.1) is 0 Å². The first-order valence-corrected chi connectivity index (χ1v) is 9.32. The van der Waals surface area contributed by atoms with Crippen LogP contribution in [0.2, 0.25) is 0 Å². The molecule has 0 saturated heterocycles. The van der Waals surface area contributed by atoms with E-state index in [4.69, 9.17) is 9.47 Å². The summed E-state index contributed by atoms with van der Waals surface area (Å²) in [6.07, 6.45) is 0.269. The van der Waals surface area contributed by atoms with Crippen molar-refractivity contribution in [2.75, 3.05) is 6.61 Å². The third-order valence-corrected chi connectivity index (χ3v) is 4.10. The molecule has 0 unspecified atom stereocenters. The molecule has 0 aliphatic heterocycles. The summed E-state index contributed by atoms with van der Waals surface area (Å²) in [5.74, 6) is -1.69. The molecule has 1 aromatic carbocycles. The number of benzene rings is 1. The van der Waals surface area contributed by atoms with Crippen LogP contribution in [-0.2, 0) is 30.3 Å². The van der Waals surface area contributed by atoms with E-state index in [1.54, 1.807) is 41.5 Å². The van der Waals surface area contributed by atoms with Gasteiger partial charge in [0.1, 0.15) is 11.6 Å². The van der Waals surface area contributed by atoms with Crippen LogP contribution in [0, 0.1) is 5.41 Å². The number of esters is 2. The number of rotatable bonds is 8. The van der Waals surface area contributed by atoms with E-state index in [0.29, 0.717) is 0 Å². The zero-order valence-corrected chi connectivity index (χ0v) is 17.6. The fourth-order valence-electron chi connectivity index (χ4n) is 2.34. The number of hydrogen-bond acceptors (Lipinski definition) is 5. The Hall–Kier alpha value is -2.63. The largest absolute Gasteiger partial charge is 0.464 e. The van der Waals surface area contributed by atoms with Crippen LogP contribution >= 0.6 is 0 Å². The van der Waals surface area contributed by atoms with Gasteiger partial charge in [-0.3, -0.25) is 9.59 Å². The average Bonchev–Trinajstić information content (AvgIpc) is 2.60. The summed E-state index contributed by atoms with van der Waals surface area (Å²) in [6.45, 7) is 14.1. The van der Waals surface area contributed by atoms with Gasteiger partial charge in [-0.2, -0.15) is 0 Å². The number of carbonyl (C=O) groups is 3. The predicted molar refractivity (Wildman–Crippen MR) is 107 cm³/mol. The maximum atomic E-state index is 12.7. The summed E-state index contributed by atoms with van der Waals surface area (Å²) < 4.78 is 10.5. The van der Waals surface area contributed by atoms with Gasteiger partial charge >= 0.3 is 11.9 Å². The van der Waals surface area contributed by atoms with Crippen LogP contribution in [-0.4, -0.2) is 36.1 Å². The van der Waals surface area contributed by atoms with E-state index in [1.165, 1.54) is 0 Å². The van der Waals surface area contributed by atoms with Gasteiger partial charge in [-0.1, -0.05) is 36.9 Å². The number of carbonyl (C=O) groups excluding carboxylic acids is 3. The van der Waals surface area contributed by atoms with Gasteiger partial charge in [0.15, 0.2) is 0 Å². The lowest BCUT2D eigenvalue weighted by molar-refractivity contribution is -0.164. The second kappa shape index (κ2) is 9.53. The number of nitrogens with one attached hydrogen (secondary N) is 1. The predicted octanol–water partition coefficient (Wildman–Crippen LogP) is 3.20. The van der Waals surface area contributed by atoms with E-state index in [9.17, 15) is 14.4 Å². The highest BCUT2D eigenvalue weighted by molar-refractivity contribution is 6.01. The summed E-state index contributed by atoms with van der Waals surface area (Å²) in [6, 6.07) is 8.40.